The van der Waals surface area contributed by atoms with Crippen molar-refractivity contribution in [3.8, 4) is 11.5 Å². The molecule has 0 fully saturated rings. The lowest BCUT2D eigenvalue weighted by Gasteiger charge is -2.19. The molecule has 0 aliphatic heterocycles. The summed E-state index contributed by atoms with van der Waals surface area (Å²) in [6.45, 7) is 5.08. The number of rotatable bonds is 10. The van der Waals surface area contributed by atoms with Gasteiger partial charge in [0.2, 0.25) is 5.89 Å². The van der Waals surface area contributed by atoms with Crippen LogP contribution in [0, 0.1) is 0 Å². The highest BCUT2D eigenvalue weighted by Gasteiger charge is 2.13. The van der Waals surface area contributed by atoms with Gasteiger partial charge in [0.1, 0.15) is 6.61 Å². The fraction of sp³-hybridized carbons (Fsp3) is 0.368. The van der Waals surface area contributed by atoms with E-state index in [2.05, 4.69) is 34.1 Å². The molecule has 8 heteroatoms. The lowest BCUT2D eigenvalue weighted by atomic mass is 10.2. The van der Waals surface area contributed by atoms with Gasteiger partial charge in [-0.25, -0.2) is 0 Å². The molecule has 144 valence electrons. The summed E-state index contributed by atoms with van der Waals surface area (Å²) in [5.41, 5.74) is 6.64. The Morgan fingerprint density at radius 2 is 2.11 bits per heavy atom. The van der Waals surface area contributed by atoms with E-state index in [9.17, 15) is 0 Å². The number of nitrogens with two attached hydrogens (primary N) is 1. The minimum absolute atomic E-state index is 0.253. The van der Waals surface area contributed by atoms with Crippen LogP contribution in [0.5, 0.6) is 11.5 Å². The molecule has 0 spiro atoms. The normalized spacial score (nSPS) is 11.1. The molecule has 0 atom stereocenters. The van der Waals surface area contributed by atoms with E-state index < -0.39 is 0 Å². The molecular formula is C19H24N4O3S. The highest BCUT2D eigenvalue weighted by atomic mass is 32.1. The van der Waals surface area contributed by atoms with Gasteiger partial charge in [-0.3, -0.25) is 4.90 Å². The fourth-order valence-electron chi connectivity index (χ4n) is 2.65. The first-order valence-corrected chi connectivity index (χ1v) is 9.65. The zero-order chi connectivity index (χ0) is 19.1. The van der Waals surface area contributed by atoms with Crippen LogP contribution in [-0.4, -0.2) is 28.7 Å². The maximum atomic E-state index is 5.90. The van der Waals surface area contributed by atoms with Crippen molar-refractivity contribution in [2.45, 2.75) is 33.2 Å². The number of benzene rings is 1. The third kappa shape index (κ3) is 5.29. The van der Waals surface area contributed by atoms with Gasteiger partial charge >= 0.3 is 0 Å². The van der Waals surface area contributed by atoms with E-state index in [1.807, 2.05) is 23.6 Å². The molecule has 1 aromatic carbocycles. The number of hydrogen-bond donors (Lipinski definition) is 1. The van der Waals surface area contributed by atoms with Crippen molar-refractivity contribution < 1.29 is 14.0 Å². The number of hydrogen-bond acceptors (Lipinski definition) is 8. The maximum absolute atomic E-state index is 5.90. The van der Waals surface area contributed by atoms with Gasteiger partial charge in [0.15, 0.2) is 17.3 Å². The van der Waals surface area contributed by atoms with Gasteiger partial charge in [0.05, 0.1) is 20.2 Å². The van der Waals surface area contributed by atoms with Crippen molar-refractivity contribution in [2.75, 3.05) is 13.7 Å². The lowest BCUT2D eigenvalue weighted by Crippen LogP contribution is -2.23. The number of methoxy groups -OCH3 is 1. The largest absolute Gasteiger partial charge is 0.493 e. The lowest BCUT2D eigenvalue weighted by molar-refractivity contribution is 0.257. The van der Waals surface area contributed by atoms with E-state index in [-0.39, 0.29) is 6.54 Å². The van der Waals surface area contributed by atoms with Gasteiger partial charge in [-0.1, -0.05) is 24.2 Å². The first kappa shape index (κ1) is 19.3. The molecule has 0 amide bonds. The first-order chi connectivity index (χ1) is 13.2. The summed E-state index contributed by atoms with van der Waals surface area (Å²) < 4.78 is 16.5. The predicted octanol–water partition coefficient (Wildman–Crippen LogP) is 3.20. The summed E-state index contributed by atoms with van der Waals surface area (Å²) in [5, 5.41) is 6.00. The molecule has 3 aromatic rings. The van der Waals surface area contributed by atoms with E-state index in [0.717, 1.165) is 30.2 Å². The molecule has 0 aliphatic carbocycles. The van der Waals surface area contributed by atoms with E-state index in [4.69, 9.17) is 19.7 Å². The third-order valence-corrected chi connectivity index (χ3v) is 4.93. The molecule has 2 N–H and O–H groups in total. The average molecular weight is 388 g/mol. The van der Waals surface area contributed by atoms with E-state index in [0.29, 0.717) is 24.9 Å². The Bertz CT molecular complexity index is 835. The molecular weight excluding hydrogens is 364 g/mol. The summed E-state index contributed by atoms with van der Waals surface area (Å²) in [6, 6.07) is 10.1. The van der Waals surface area contributed by atoms with Crippen molar-refractivity contribution in [1.29, 1.82) is 0 Å². The summed E-state index contributed by atoms with van der Waals surface area (Å²) in [7, 11) is 1.66. The minimum atomic E-state index is 0.253. The van der Waals surface area contributed by atoms with Gasteiger partial charge in [-0.05, 0) is 35.7 Å². The SMILES string of the molecule is CCN(Cc1ccc(OCc2cccs2)c(OC)c1)Cc1noc(CN)n1. The Labute approximate surface area is 162 Å². The Balaban J connectivity index is 1.64. The monoisotopic (exact) mass is 388 g/mol. The van der Waals surface area contributed by atoms with Crippen LogP contribution in [0.25, 0.3) is 0 Å². The smallest absolute Gasteiger partial charge is 0.240 e. The predicted molar refractivity (Wildman–Crippen MR) is 104 cm³/mol. The quantitative estimate of drug-likeness (QED) is 0.571. The van der Waals surface area contributed by atoms with Gasteiger partial charge in [-0.15, -0.1) is 11.3 Å². The van der Waals surface area contributed by atoms with Crippen molar-refractivity contribution >= 4 is 11.3 Å². The summed E-state index contributed by atoms with van der Waals surface area (Å²) in [6.07, 6.45) is 0. The van der Waals surface area contributed by atoms with Crippen molar-refractivity contribution in [3.63, 3.8) is 0 Å². The third-order valence-electron chi connectivity index (χ3n) is 4.08. The Morgan fingerprint density at radius 3 is 2.78 bits per heavy atom. The van der Waals surface area contributed by atoms with Gasteiger partial charge in [-0.2, -0.15) is 4.98 Å². The van der Waals surface area contributed by atoms with Crippen LogP contribution in [0.1, 0.15) is 29.1 Å². The van der Waals surface area contributed by atoms with Crippen LogP contribution >= 0.6 is 11.3 Å². The molecule has 27 heavy (non-hydrogen) atoms. The standard InChI is InChI=1S/C19H24N4O3S/c1-3-23(12-18-21-19(10-20)26-22-18)11-14-6-7-16(17(9-14)24-2)25-13-15-5-4-8-27-15/h4-9H,3,10-13,20H2,1-2H3. The van der Waals surface area contributed by atoms with Gasteiger partial charge in [0, 0.05) is 11.4 Å². The van der Waals surface area contributed by atoms with Gasteiger partial charge in [0.25, 0.3) is 0 Å². The second-order valence-corrected chi connectivity index (χ2v) is 7.00. The molecule has 7 nitrogen and oxygen atoms in total. The first-order valence-electron chi connectivity index (χ1n) is 8.77. The summed E-state index contributed by atoms with van der Waals surface area (Å²) in [4.78, 5) is 7.66. The van der Waals surface area contributed by atoms with Crippen LogP contribution in [-0.2, 0) is 26.2 Å². The van der Waals surface area contributed by atoms with Crippen LogP contribution < -0.4 is 15.2 Å². The molecule has 0 aliphatic rings. The summed E-state index contributed by atoms with van der Waals surface area (Å²) in [5.74, 6) is 2.56. The van der Waals surface area contributed by atoms with E-state index >= 15 is 0 Å². The van der Waals surface area contributed by atoms with E-state index in [1.165, 1.54) is 4.88 Å². The number of aromatic nitrogens is 2. The molecule has 0 radical (unpaired) electrons. The minimum Gasteiger partial charge on any atom is -0.493 e. The highest BCUT2D eigenvalue weighted by molar-refractivity contribution is 7.09. The van der Waals surface area contributed by atoms with Crippen LogP contribution in [0.4, 0.5) is 0 Å². The van der Waals surface area contributed by atoms with Crippen LogP contribution in [0.15, 0.2) is 40.2 Å². The van der Waals surface area contributed by atoms with Crippen molar-refractivity contribution in [3.05, 3.63) is 57.9 Å². The average Bonchev–Trinajstić information content (AvgIpc) is 3.38. The molecule has 0 saturated carbocycles. The molecule has 2 aromatic heterocycles. The van der Waals surface area contributed by atoms with Crippen LogP contribution in [0.3, 0.4) is 0 Å². The number of ether oxygens (including phenoxy) is 2. The second-order valence-electron chi connectivity index (χ2n) is 5.96. The highest BCUT2D eigenvalue weighted by Crippen LogP contribution is 2.29. The molecule has 0 bridgehead atoms. The Kier molecular flexibility index (Phi) is 6.80. The van der Waals surface area contributed by atoms with Gasteiger partial charge < -0.3 is 19.7 Å². The maximum Gasteiger partial charge on any atom is 0.240 e. The second kappa shape index (κ2) is 9.50. The van der Waals surface area contributed by atoms with Crippen LogP contribution in [0.2, 0.25) is 0 Å². The topological polar surface area (TPSA) is 86.6 Å². The van der Waals surface area contributed by atoms with E-state index in [1.54, 1.807) is 18.4 Å². The fourth-order valence-corrected chi connectivity index (χ4v) is 3.26. The molecule has 3 rings (SSSR count). The Hall–Kier alpha value is -2.42. The summed E-state index contributed by atoms with van der Waals surface area (Å²) >= 11 is 1.67. The molecule has 2 heterocycles. The number of nitrogens with zero attached hydrogens (tertiary/aromatic N) is 3. The number of thiophene rings is 1. The van der Waals surface area contributed by atoms with Crippen molar-refractivity contribution in [2.24, 2.45) is 5.73 Å². The molecule has 0 saturated heterocycles. The zero-order valence-electron chi connectivity index (χ0n) is 15.6. The van der Waals surface area contributed by atoms with Crippen molar-refractivity contribution in [1.82, 2.24) is 15.0 Å². The molecule has 0 unspecified atom stereocenters. The Morgan fingerprint density at radius 1 is 1.22 bits per heavy atom. The zero-order valence-corrected chi connectivity index (χ0v) is 16.4.